The smallest absolute Gasteiger partial charge is 0.254 e. The van der Waals surface area contributed by atoms with Crippen LogP contribution in [-0.2, 0) is 0 Å². The quantitative estimate of drug-likeness (QED) is 0.795. The molecule has 2 N–H and O–H groups in total. The molecule has 108 valence electrons. The Morgan fingerprint density at radius 3 is 2.85 bits per heavy atom. The van der Waals surface area contributed by atoms with Crippen molar-refractivity contribution in [3.05, 3.63) is 29.3 Å². The summed E-state index contributed by atoms with van der Waals surface area (Å²) in [7, 11) is 0. The lowest BCUT2D eigenvalue weighted by Gasteiger charge is -2.26. The molecule has 2 aliphatic heterocycles. The lowest BCUT2D eigenvalue weighted by molar-refractivity contribution is 0.0743. The average Bonchev–Trinajstić information content (AvgIpc) is 2.75. The van der Waals surface area contributed by atoms with Crippen molar-refractivity contribution in [3.8, 4) is 0 Å². The number of nitrogen functional groups attached to an aromatic ring is 1. The second-order valence-corrected chi connectivity index (χ2v) is 6.01. The number of carbonyl (C=O) groups is 1. The van der Waals surface area contributed by atoms with Gasteiger partial charge < -0.3 is 10.6 Å². The van der Waals surface area contributed by atoms with Crippen LogP contribution >= 0.6 is 0 Å². The van der Waals surface area contributed by atoms with Crippen molar-refractivity contribution in [2.45, 2.75) is 32.2 Å². The van der Waals surface area contributed by atoms with Crippen LogP contribution in [0.15, 0.2) is 18.2 Å². The SMILES string of the molecule is Cc1cc(N)ccc1C(=O)N1CCCN2CCCC2C1. The van der Waals surface area contributed by atoms with Gasteiger partial charge in [0.2, 0.25) is 0 Å². The highest BCUT2D eigenvalue weighted by Gasteiger charge is 2.31. The molecule has 2 fully saturated rings. The molecule has 0 bridgehead atoms. The number of aryl methyl sites for hydroxylation is 1. The number of amides is 1. The van der Waals surface area contributed by atoms with Crippen molar-refractivity contribution in [1.29, 1.82) is 0 Å². The van der Waals surface area contributed by atoms with E-state index < -0.39 is 0 Å². The van der Waals surface area contributed by atoms with E-state index in [1.54, 1.807) is 0 Å². The van der Waals surface area contributed by atoms with Gasteiger partial charge in [-0.2, -0.15) is 0 Å². The van der Waals surface area contributed by atoms with E-state index in [9.17, 15) is 4.79 Å². The zero-order valence-corrected chi connectivity index (χ0v) is 12.1. The van der Waals surface area contributed by atoms with Crippen LogP contribution in [0.4, 0.5) is 5.69 Å². The third-order valence-electron chi connectivity index (χ3n) is 4.57. The Labute approximate surface area is 120 Å². The van der Waals surface area contributed by atoms with Crippen LogP contribution in [0, 0.1) is 6.92 Å². The molecular formula is C16H23N3O. The molecule has 0 radical (unpaired) electrons. The number of anilines is 1. The van der Waals surface area contributed by atoms with Gasteiger partial charge in [-0.1, -0.05) is 0 Å². The van der Waals surface area contributed by atoms with Gasteiger partial charge in [0.25, 0.3) is 5.91 Å². The van der Waals surface area contributed by atoms with Gasteiger partial charge in [0.15, 0.2) is 0 Å². The number of nitrogens with two attached hydrogens (primary N) is 1. The predicted molar refractivity (Wildman–Crippen MR) is 80.7 cm³/mol. The van der Waals surface area contributed by atoms with Crippen molar-refractivity contribution in [2.24, 2.45) is 0 Å². The highest BCUT2D eigenvalue weighted by Crippen LogP contribution is 2.23. The fourth-order valence-corrected chi connectivity index (χ4v) is 3.49. The Morgan fingerprint density at radius 1 is 1.25 bits per heavy atom. The Bertz CT molecular complexity index is 514. The van der Waals surface area contributed by atoms with E-state index in [-0.39, 0.29) is 5.91 Å². The lowest BCUT2D eigenvalue weighted by atomic mass is 10.1. The minimum Gasteiger partial charge on any atom is -0.399 e. The standard InChI is InChI=1S/C16H23N3O/c1-12-10-13(17)5-6-15(12)16(20)19-9-3-8-18-7-2-4-14(18)11-19/h5-6,10,14H,2-4,7-9,11,17H2,1H3. The van der Waals surface area contributed by atoms with Gasteiger partial charge in [-0.25, -0.2) is 0 Å². The van der Waals surface area contributed by atoms with Crippen LogP contribution in [-0.4, -0.2) is 47.9 Å². The van der Waals surface area contributed by atoms with Crippen molar-refractivity contribution in [1.82, 2.24) is 9.80 Å². The summed E-state index contributed by atoms with van der Waals surface area (Å²) < 4.78 is 0. The summed E-state index contributed by atoms with van der Waals surface area (Å²) in [6.45, 7) is 6.05. The molecule has 2 aliphatic rings. The number of fused-ring (bicyclic) bond motifs is 1. The summed E-state index contributed by atoms with van der Waals surface area (Å²) in [5.74, 6) is 0.163. The van der Waals surface area contributed by atoms with E-state index in [1.807, 2.05) is 30.0 Å². The Morgan fingerprint density at radius 2 is 2.05 bits per heavy atom. The highest BCUT2D eigenvalue weighted by molar-refractivity contribution is 5.96. The van der Waals surface area contributed by atoms with Gasteiger partial charge in [0.1, 0.15) is 0 Å². The first-order valence-corrected chi connectivity index (χ1v) is 7.54. The molecule has 1 amide bonds. The van der Waals surface area contributed by atoms with Gasteiger partial charge in [0, 0.05) is 36.9 Å². The van der Waals surface area contributed by atoms with Gasteiger partial charge in [-0.15, -0.1) is 0 Å². The first-order valence-electron chi connectivity index (χ1n) is 7.54. The minimum absolute atomic E-state index is 0.163. The Hall–Kier alpha value is -1.55. The largest absolute Gasteiger partial charge is 0.399 e. The highest BCUT2D eigenvalue weighted by atomic mass is 16.2. The maximum absolute atomic E-state index is 12.7. The van der Waals surface area contributed by atoms with E-state index in [4.69, 9.17) is 5.73 Å². The molecule has 3 rings (SSSR count). The van der Waals surface area contributed by atoms with E-state index in [0.29, 0.717) is 6.04 Å². The van der Waals surface area contributed by atoms with Gasteiger partial charge >= 0.3 is 0 Å². The molecular weight excluding hydrogens is 250 g/mol. The van der Waals surface area contributed by atoms with E-state index in [1.165, 1.54) is 19.4 Å². The van der Waals surface area contributed by atoms with Crippen molar-refractivity contribution in [2.75, 3.05) is 31.9 Å². The maximum Gasteiger partial charge on any atom is 0.254 e. The molecule has 1 atom stereocenters. The average molecular weight is 273 g/mol. The number of carbonyl (C=O) groups excluding carboxylic acids is 1. The molecule has 1 unspecified atom stereocenters. The number of nitrogens with zero attached hydrogens (tertiary/aromatic N) is 2. The molecule has 1 aromatic carbocycles. The van der Waals surface area contributed by atoms with Crippen LogP contribution in [0.2, 0.25) is 0 Å². The molecule has 0 aliphatic carbocycles. The topological polar surface area (TPSA) is 49.6 Å². The van der Waals surface area contributed by atoms with Crippen LogP contribution in [0.3, 0.4) is 0 Å². The minimum atomic E-state index is 0.163. The fraction of sp³-hybridized carbons (Fsp3) is 0.562. The summed E-state index contributed by atoms with van der Waals surface area (Å²) in [6.07, 6.45) is 3.58. The van der Waals surface area contributed by atoms with E-state index in [2.05, 4.69) is 4.90 Å². The van der Waals surface area contributed by atoms with Crippen LogP contribution < -0.4 is 5.73 Å². The molecule has 2 saturated heterocycles. The zero-order valence-electron chi connectivity index (χ0n) is 12.1. The molecule has 0 aromatic heterocycles. The molecule has 4 nitrogen and oxygen atoms in total. The number of hydrogen-bond acceptors (Lipinski definition) is 3. The lowest BCUT2D eigenvalue weighted by Crippen LogP contribution is -2.39. The molecule has 1 aromatic rings. The number of hydrogen-bond donors (Lipinski definition) is 1. The third-order valence-corrected chi connectivity index (χ3v) is 4.57. The summed E-state index contributed by atoms with van der Waals surface area (Å²) in [5.41, 5.74) is 8.26. The number of rotatable bonds is 1. The normalized spacial score (nSPS) is 23.4. The Kier molecular flexibility index (Phi) is 3.66. The Balaban J connectivity index is 1.79. The summed E-state index contributed by atoms with van der Waals surface area (Å²) in [5, 5.41) is 0. The molecule has 4 heteroatoms. The van der Waals surface area contributed by atoms with Crippen LogP contribution in [0.25, 0.3) is 0 Å². The molecule has 0 spiro atoms. The predicted octanol–water partition coefficient (Wildman–Crippen LogP) is 1.89. The van der Waals surface area contributed by atoms with Gasteiger partial charge in [0.05, 0.1) is 0 Å². The second kappa shape index (κ2) is 5.44. The summed E-state index contributed by atoms with van der Waals surface area (Å²) in [6, 6.07) is 6.13. The molecule has 0 saturated carbocycles. The first kappa shape index (κ1) is 13.4. The third kappa shape index (κ3) is 2.52. The first-order chi connectivity index (χ1) is 9.65. The zero-order chi connectivity index (χ0) is 14.1. The maximum atomic E-state index is 12.7. The van der Waals surface area contributed by atoms with Gasteiger partial charge in [-0.3, -0.25) is 9.69 Å². The molecule has 2 heterocycles. The van der Waals surface area contributed by atoms with Crippen molar-refractivity contribution < 1.29 is 4.79 Å². The van der Waals surface area contributed by atoms with Crippen LogP contribution in [0.5, 0.6) is 0 Å². The number of benzene rings is 1. The van der Waals surface area contributed by atoms with Crippen molar-refractivity contribution in [3.63, 3.8) is 0 Å². The van der Waals surface area contributed by atoms with Crippen molar-refractivity contribution >= 4 is 11.6 Å². The summed E-state index contributed by atoms with van der Waals surface area (Å²) in [4.78, 5) is 17.3. The van der Waals surface area contributed by atoms with E-state index in [0.717, 1.165) is 42.9 Å². The van der Waals surface area contributed by atoms with Crippen LogP contribution in [0.1, 0.15) is 35.2 Å². The monoisotopic (exact) mass is 273 g/mol. The fourth-order valence-electron chi connectivity index (χ4n) is 3.49. The van der Waals surface area contributed by atoms with Gasteiger partial charge in [-0.05, 0) is 56.5 Å². The summed E-state index contributed by atoms with van der Waals surface area (Å²) >= 11 is 0. The van der Waals surface area contributed by atoms with E-state index >= 15 is 0 Å². The molecule has 20 heavy (non-hydrogen) atoms. The second-order valence-electron chi connectivity index (χ2n) is 6.01.